The van der Waals surface area contributed by atoms with Crippen LogP contribution in [0.3, 0.4) is 0 Å². The highest BCUT2D eigenvalue weighted by molar-refractivity contribution is 5.94. The molecule has 0 spiro atoms. The minimum atomic E-state index is -0.891. The van der Waals surface area contributed by atoms with Gasteiger partial charge in [-0.15, -0.1) is 0 Å². The normalized spacial score (nSPS) is 21.8. The molecule has 3 rings (SSSR count). The minimum Gasteiger partial charge on any atom is -0.481 e. The molecule has 0 saturated carbocycles. The van der Waals surface area contributed by atoms with Crippen LogP contribution in [0.15, 0.2) is 30.5 Å². The van der Waals surface area contributed by atoms with Gasteiger partial charge in [0.1, 0.15) is 5.69 Å². The molecule has 1 atom stereocenters. The number of hydrogen-bond donors (Lipinski definition) is 1. The number of likely N-dealkylation sites (tertiary alicyclic amines) is 1. The monoisotopic (exact) mass is 299 g/mol. The maximum absolute atomic E-state index is 12.6. The lowest BCUT2D eigenvalue weighted by Crippen LogP contribution is -2.48. The number of carboxylic acids is 1. The summed E-state index contributed by atoms with van der Waals surface area (Å²) in [5, 5.41) is 9.34. The Morgan fingerprint density at radius 2 is 2.00 bits per heavy atom. The van der Waals surface area contributed by atoms with Crippen molar-refractivity contribution in [2.45, 2.75) is 19.8 Å². The average molecular weight is 299 g/mol. The number of benzene rings is 1. The average Bonchev–Trinajstić information content (AvgIpc) is 2.53. The van der Waals surface area contributed by atoms with Crippen molar-refractivity contribution in [2.24, 2.45) is 5.41 Å². The summed E-state index contributed by atoms with van der Waals surface area (Å²) in [6, 6.07) is 7.34. The molecule has 1 fully saturated rings. The first-order chi connectivity index (χ1) is 10.5. The number of para-hydroxylation sites is 2. The van der Waals surface area contributed by atoms with E-state index in [1.54, 1.807) is 17.9 Å². The lowest BCUT2D eigenvalue weighted by molar-refractivity contribution is -0.150. The van der Waals surface area contributed by atoms with Gasteiger partial charge in [-0.2, -0.15) is 0 Å². The van der Waals surface area contributed by atoms with E-state index in [2.05, 4.69) is 9.97 Å². The first-order valence-corrected chi connectivity index (χ1v) is 7.24. The zero-order valence-electron chi connectivity index (χ0n) is 12.3. The highest BCUT2D eigenvalue weighted by Gasteiger charge is 2.39. The van der Waals surface area contributed by atoms with Crippen LogP contribution in [0.1, 0.15) is 30.3 Å². The summed E-state index contributed by atoms with van der Waals surface area (Å²) in [4.78, 5) is 34.1. The van der Waals surface area contributed by atoms with Crippen LogP contribution in [0.5, 0.6) is 0 Å². The predicted octanol–water partition coefficient (Wildman–Crippen LogP) is 1.96. The van der Waals surface area contributed by atoms with Crippen LogP contribution in [0, 0.1) is 5.41 Å². The quantitative estimate of drug-likeness (QED) is 0.916. The molecule has 1 unspecified atom stereocenters. The predicted molar refractivity (Wildman–Crippen MR) is 80.4 cm³/mol. The number of fused-ring (bicyclic) bond motifs is 1. The molecule has 1 amide bonds. The highest BCUT2D eigenvalue weighted by atomic mass is 16.4. The molecule has 1 aliphatic rings. The fraction of sp³-hybridized carbons (Fsp3) is 0.375. The van der Waals surface area contributed by atoms with E-state index in [1.165, 1.54) is 6.20 Å². The second kappa shape index (κ2) is 5.36. The number of carbonyl (C=O) groups excluding carboxylic acids is 1. The number of carbonyl (C=O) groups is 2. The van der Waals surface area contributed by atoms with E-state index in [4.69, 9.17) is 0 Å². The zero-order chi connectivity index (χ0) is 15.7. The topological polar surface area (TPSA) is 83.4 Å². The van der Waals surface area contributed by atoms with Crippen LogP contribution in [0.2, 0.25) is 0 Å². The molecule has 1 aromatic carbocycles. The Morgan fingerprint density at radius 3 is 2.73 bits per heavy atom. The number of amides is 1. The molecular formula is C16H17N3O3. The molecule has 0 bridgehead atoms. The molecule has 1 aromatic heterocycles. The third kappa shape index (κ3) is 2.52. The molecule has 6 heteroatoms. The van der Waals surface area contributed by atoms with Gasteiger partial charge >= 0.3 is 5.97 Å². The maximum atomic E-state index is 12.6. The molecule has 0 radical (unpaired) electrons. The number of carboxylic acid groups (broad SMARTS) is 1. The molecule has 0 aliphatic carbocycles. The molecular weight excluding hydrogens is 282 g/mol. The Labute approximate surface area is 127 Å². The van der Waals surface area contributed by atoms with Gasteiger partial charge in [-0.05, 0) is 31.9 Å². The van der Waals surface area contributed by atoms with Gasteiger partial charge in [0.05, 0.1) is 22.6 Å². The summed E-state index contributed by atoms with van der Waals surface area (Å²) in [5.74, 6) is -1.12. The van der Waals surface area contributed by atoms with Crippen molar-refractivity contribution < 1.29 is 14.7 Å². The van der Waals surface area contributed by atoms with Crippen LogP contribution in [0.25, 0.3) is 11.0 Å². The van der Waals surface area contributed by atoms with Crippen LogP contribution < -0.4 is 0 Å². The maximum Gasteiger partial charge on any atom is 0.311 e. The Morgan fingerprint density at radius 1 is 1.27 bits per heavy atom. The van der Waals surface area contributed by atoms with E-state index in [9.17, 15) is 14.7 Å². The molecule has 1 aliphatic heterocycles. The Balaban J connectivity index is 1.87. The summed E-state index contributed by atoms with van der Waals surface area (Å²) in [6.45, 7) is 2.44. The summed E-state index contributed by atoms with van der Waals surface area (Å²) in [6.07, 6.45) is 2.71. The van der Waals surface area contributed by atoms with Crippen molar-refractivity contribution in [1.29, 1.82) is 0 Å². The van der Waals surface area contributed by atoms with Gasteiger partial charge in [-0.1, -0.05) is 12.1 Å². The highest BCUT2D eigenvalue weighted by Crippen LogP contribution is 2.30. The van der Waals surface area contributed by atoms with Gasteiger partial charge in [0.2, 0.25) is 0 Å². The first kappa shape index (κ1) is 14.4. The van der Waals surface area contributed by atoms with Gasteiger partial charge in [0, 0.05) is 13.1 Å². The summed E-state index contributed by atoms with van der Waals surface area (Å²) >= 11 is 0. The van der Waals surface area contributed by atoms with E-state index in [0.717, 1.165) is 5.52 Å². The van der Waals surface area contributed by atoms with E-state index >= 15 is 0 Å². The van der Waals surface area contributed by atoms with Crippen molar-refractivity contribution in [1.82, 2.24) is 14.9 Å². The molecule has 1 saturated heterocycles. The number of aromatic nitrogens is 2. The molecule has 1 N–H and O–H groups in total. The van der Waals surface area contributed by atoms with Crippen LogP contribution in [-0.2, 0) is 4.79 Å². The van der Waals surface area contributed by atoms with Crippen molar-refractivity contribution in [3.05, 3.63) is 36.2 Å². The fourth-order valence-corrected chi connectivity index (χ4v) is 2.81. The molecule has 114 valence electrons. The Bertz CT molecular complexity index is 746. The third-order valence-corrected chi connectivity index (χ3v) is 4.17. The van der Waals surface area contributed by atoms with Crippen molar-refractivity contribution in [2.75, 3.05) is 13.1 Å². The van der Waals surface area contributed by atoms with Crippen molar-refractivity contribution in [3.63, 3.8) is 0 Å². The Kier molecular flexibility index (Phi) is 3.52. The van der Waals surface area contributed by atoms with Crippen LogP contribution in [-0.4, -0.2) is 44.9 Å². The lowest BCUT2D eigenvalue weighted by atomic mass is 9.82. The zero-order valence-corrected chi connectivity index (χ0v) is 12.3. The van der Waals surface area contributed by atoms with E-state index in [1.807, 2.05) is 18.2 Å². The Hall–Kier alpha value is -2.50. The van der Waals surface area contributed by atoms with Gasteiger partial charge in [0.25, 0.3) is 5.91 Å². The lowest BCUT2D eigenvalue weighted by Gasteiger charge is -2.37. The molecule has 22 heavy (non-hydrogen) atoms. The standard InChI is InChI=1S/C16H17N3O3/c1-16(15(21)22)7-4-8-19(10-16)14(20)13-9-17-11-5-2-3-6-12(11)18-13/h2-3,5-6,9H,4,7-8,10H2,1H3,(H,21,22). The molecule has 2 heterocycles. The number of piperidine rings is 1. The van der Waals surface area contributed by atoms with Gasteiger partial charge in [-0.3, -0.25) is 14.6 Å². The van der Waals surface area contributed by atoms with Crippen molar-refractivity contribution >= 4 is 22.9 Å². The van der Waals surface area contributed by atoms with Crippen molar-refractivity contribution in [3.8, 4) is 0 Å². The van der Waals surface area contributed by atoms with E-state index < -0.39 is 11.4 Å². The van der Waals surface area contributed by atoms with E-state index in [-0.39, 0.29) is 18.1 Å². The van der Waals surface area contributed by atoms with Crippen LogP contribution >= 0.6 is 0 Å². The largest absolute Gasteiger partial charge is 0.481 e. The summed E-state index contributed by atoms with van der Waals surface area (Å²) < 4.78 is 0. The second-order valence-corrected chi connectivity index (χ2v) is 5.94. The van der Waals surface area contributed by atoms with Gasteiger partial charge < -0.3 is 10.0 Å². The smallest absolute Gasteiger partial charge is 0.311 e. The van der Waals surface area contributed by atoms with Gasteiger partial charge in [-0.25, -0.2) is 4.98 Å². The van der Waals surface area contributed by atoms with E-state index in [0.29, 0.717) is 24.9 Å². The fourth-order valence-electron chi connectivity index (χ4n) is 2.81. The molecule has 6 nitrogen and oxygen atoms in total. The number of rotatable bonds is 2. The summed E-state index contributed by atoms with van der Waals surface area (Å²) in [7, 11) is 0. The van der Waals surface area contributed by atoms with Gasteiger partial charge in [0.15, 0.2) is 0 Å². The summed E-state index contributed by atoms with van der Waals surface area (Å²) in [5.41, 5.74) is 0.755. The SMILES string of the molecule is CC1(C(=O)O)CCCN(C(=O)c2cnc3ccccc3n2)C1. The number of nitrogens with zero attached hydrogens (tertiary/aromatic N) is 3. The number of aliphatic carboxylic acids is 1. The first-order valence-electron chi connectivity index (χ1n) is 7.24. The third-order valence-electron chi connectivity index (χ3n) is 4.17. The minimum absolute atomic E-state index is 0.204. The van der Waals surface area contributed by atoms with Crippen LogP contribution in [0.4, 0.5) is 0 Å². The molecule has 2 aromatic rings. The second-order valence-electron chi connectivity index (χ2n) is 5.94. The number of hydrogen-bond acceptors (Lipinski definition) is 4.